The Hall–Kier alpha value is -2.37. The lowest BCUT2D eigenvalue weighted by Gasteiger charge is -2.40. The monoisotopic (exact) mass is 1180 g/mol. The third-order valence-corrected chi connectivity index (χ3v) is 17.0. The molecule has 1 heterocycles. The van der Waals surface area contributed by atoms with E-state index in [2.05, 4.69) is 79.9 Å². The maximum atomic E-state index is 13.1. The summed E-state index contributed by atoms with van der Waals surface area (Å²) in [5.74, 6) is -0.171. The van der Waals surface area contributed by atoms with Crippen molar-refractivity contribution in [3.05, 3.63) is 72.9 Å². The Balaban J connectivity index is 2.07. The van der Waals surface area contributed by atoms with Crippen LogP contribution in [0, 0.1) is 0 Å². The summed E-state index contributed by atoms with van der Waals surface area (Å²) in [5, 5.41) is 54.8. The van der Waals surface area contributed by atoms with Crippen LogP contribution in [0.5, 0.6) is 0 Å². The number of ether oxygens (including phenoxy) is 2. The molecule has 0 aromatic carbocycles. The second-order valence-corrected chi connectivity index (χ2v) is 25.0. The van der Waals surface area contributed by atoms with E-state index in [1.54, 1.807) is 6.08 Å². The highest BCUT2D eigenvalue weighted by molar-refractivity contribution is 5.76. The molecule has 0 aromatic heterocycles. The van der Waals surface area contributed by atoms with Crippen molar-refractivity contribution < 1.29 is 39.8 Å². The van der Waals surface area contributed by atoms with Gasteiger partial charge in [-0.25, -0.2) is 0 Å². The summed E-state index contributed by atoms with van der Waals surface area (Å²) in [6.07, 6.45) is 83.0. The van der Waals surface area contributed by atoms with Crippen molar-refractivity contribution in [2.24, 2.45) is 0 Å². The van der Waals surface area contributed by atoms with Gasteiger partial charge in [0, 0.05) is 6.42 Å². The number of nitrogens with one attached hydrogen (secondary N) is 1. The second kappa shape index (κ2) is 63.6. The van der Waals surface area contributed by atoms with E-state index in [9.17, 15) is 30.3 Å². The molecule has 7 unspecified atom stereocenters. The SMILES string of the molecule is CC/C=C\C/C=C\C/C=C\C/C=C\C/C=C\CCCCCCCCCCCCCCCCCCCCCCCCCC(=O)NC(COC1OC(CO)C(O)C(O)C1O)C(O)/C=C/CCCCCCCCCCCCCCCCCCCCCC. The Bertz CT molecular complexity index is 1560. The Labute approximate surface area is 519 Å². The van der Waals surface area contributed by atoms with Crippen molar-refractivity contribution in [1.29, 1.82) is 0 Å². The number of allylic oxidation sites excluding steroid dienone is 11. The van der Waals surface area contributed by atoms with E-state index in [1.807, 2.05) is 6.08 Å². The average molecular weight is 1180 g/mol. The Morgan fingerprint density at radius 3 is 1.10 bits per heavy atom. The van der Waals surface area contributed by atoms with Gasteiger partial charge in [0.2, 0.25) is 5.91 Å². The summed E-state index contributed by atoms with van der Waals surface area (Å²) in [4.78, 5) is 13.1. The van der Waals surface area contributed by atoms with Crippen molar-refractivity contribution in [3.8, 4) is 0 Å². The molecule has 7 atom stereocenters. The molecule has 0 radical (unpaired) electrons. The zero-order valence-electron chi connectivity index (χ0n) is 54.9. The van der Waals surface area contributed by atoms with Crippen LogP contribution in [0.2, 0.25) is 0 Å². The van der Waals surface area contributed by atoms with Crippen LogP contribution in [0.25, 0.3) is 0 Å². The van der Waals surface area contributed by atoms with Gasteiger partial charge in [-0.3, -0.25) is 4.79 Å². The minimum atomic E-state index is -1.57. The van der Waals surface area contributed by atoms with E-state index in [1.165, 1.54) is 250 Å². The molecule has 9 nitrogen and oxygen atoms in total. The minimum Gasteiger partial charge on any atom is -0.394 e. The summed E-state index contributed by atoms with van der Waals surface area (Å²) in [5.41, 5.74) is 0. The summed E-state index contributed by atoms with van der Waals surface area (Å²) < 4.78 is 11.3. The number of hydrogen-bond acceptors (Lipinski definition) is 8. The zero-order chi connectivity index (χ0) is 60.7. The molecule has 9 heteroatoms. The molecule has 1 fully saturated rings. The minimum absolute atomic E-state index is 0.171. The van der Waals surface area contributed by atoms with Crippen LogP contribution >= 0.6 is 0 Å². The van der Waals surface area contributed by atoms with Gasteiger partial charge in [-0.05, 0) is 64.2 Å². The van der Waals surface area contributed by atoms with Crippen LogP contribution in [0.15, 0.2) is 72.9 Å². The van der Waals surface area contributed by atoms with Crippen LogP contribution in [-0.2, 0) is 14.3 Å². The fraction of sp³-hybridized carbons (Fsp3) is 0.827. The van der Waals surface area contributed by atoms with E-state index in [-0.39, 0.29) is 12.5 Å². The highest BCUT2D eigenvalue weighted by atomic mass is 16.7. The van der Waals surface area contributed by atoms with Crippen molar-refractivity contribution in [3.63, 3.8) is 0 Å². The molecule has 0 aliphatic carbocycles. The lowest BCUT2D eigenvalue weighted by atomic mass is 9.99. The summed E-state index contributed by atoms with van der Waals surface area (Å²) in [7, 11) is 0. The van der Waals surface area contributed by atoms with Crippen LogP contribution in [0.4, 0.5) is 0 Å². The number of aliphatic hydroxyl groups excluding tert-OH is 5. The van der Waals surface area contributed by atoms with Crippen LogP contribution in [0.3, 0.4) is 0 Å². The van der Waals surface area contributed by atoms with Gasteiger partial charge >= 0.3 is 0 Å². The number of rotatable bonds is 63. The Kier molecular flexibility index (Phi) is 60.3. The highest BCUT2D eigenvalue weighted by Crippen LogP contribution is 2.23. The summed E-state index contributed by atoms with van der Waals surface area (Å²) in [6, 6.07) is -0.806. The van der Waals surface area contributed by atoms with Crippen molar-refractivity contribution in [1.82, 2.24) is 5.32 Å². The quantitative estimate of drug-likeness (QED) is 0.0261. The molecule has 490 valence electrons. The van der Waals surface area contributed by atoms with Crippen LogP contribution in [0.1, 0.15) is 341 Å². The summed E-state index contributed by atoms with van der Waals surface area (Å²) in [6.45, 7) is 3.71. The van der Waals surface area contributed by atoms with E-state index in [4.69, 9.17) is 9.47 Å². The number of aliphatic hydroxyl groups is 5. The number of hydrogen-bond donors (Lipinski definition) is 6. The fourth-order valence-electron chi connectivity index (χ4n) is 11.4. The van der Waals surface area contributed by atoms with E-state index < -0.39 is 49.5 Å². The molecular formula is C75H137NO8. The molecule has 1 rings (SSSR count). The van der Waals surface area contributed by atoms with Crippen LogP contribution in [-0.4, -0.2) is 87.5 Å². The number of carbonyl (C=O) groups excluding carboxylic acids is 1. The predicted molar refractivity (Wildman–Crippen MR) is 359 cm³/mol. The molecule has 6 N–H and O–H groups in total. The predicted octanol–water partition coefficient (Wildman–Crippen LogP) is 19.9. The fourth-order valence-corrected chi connectivity index (χ4v) is 11.4. The Morgan fingerprint density at radius 1 is 0.417 bits per heavy atom. The van der Waals surface area contributed by atoms with Crippen molar-refractivity contribution in [2.75, 3.05) is 13.2 Å². The van der Waals surface area contributed by atoms with Gasteiger partial charge < -0.3 is 40.3 Å². The summed E-state index contributed by atoms with van der Waals surface area (Å²) >= 11 is 0. The van der Waals surface area contributed by atoms with E-state index in [0.29, 0.717) is 6.42 Å². The van der Waals surface area contributed by atoms with E-state index in [0.717, 1.165) is 70.6 Å². The first-order valence-electron chi connectivity index (χ1n) is 36.2. The van der Waals surface area contributed by atoms with Crippen LogP contribution < -0.4 is 5.32 Å². The molecular weight excluding hydrogens is 1040 g/mol. The van der Waals surface area contributed by atoms with Gasteiger partial charge in [0.25, 0.3) is 0 Å². The molecule has 0 bridgehead atoms. The van der Waals surface area contributed by atoms with Gasteiger partial charge in [-0.2, -0.15) is 0 Å². The molecule has 0 aromatic rings. The van der Waals surface area contributed by atoms with Crippen molar-refractivity contribution >= 4 is 5.91 Å². The average Bonchev–Trinajstić information content (AvgIpc) is 3.70. The Morgan fingerprint density at radius 2 is 0.738 bits per heavy atom. The first kappa shape index (κ1) is 79.6. The first-order valence-corrected chi connectivity index (χ1v) is 36.2. The maximum absolute atomic E-state index is 13.1. The van der Waals surface area contributed by atoms with Gasteiger partial charge in [-0.15, -0.1) is 0 Å². The molecule has 0 saturated carbocycles. The second-order valence-electron chi connectivity index (χ2n) is 25.0. The maximum Gasteiger partial charge on any atom is 0.220 e. The molecule has 1 aliphatic rings. The lowest BCUT2D eigenvalue weighted by Crippen LogP contribution is -2.60. The molecule has 1 amide bonds. The standard InChI is InChI=1S/C75H137NO8/c1-3-5-7-9-11-13-15-17-19-21-23-25-27-28-29-30-31-32-33-34-35-36-37-38-39-40-41-42-43-45-47-49-51-53-55-57-59-61-63-65-71(79)76-68(67-83-75-74(82)73(81)72(80)70(66-77)84-75)69(78)64-62-60-58-56-54-52-50-48-46-44-26-24-22-20-18-16-14-12-10-8-6-4-2/h5,7,11,13,17,19,23,25,28-29,62,64,68-70,72-75,77-78,80-82H,3-4,6,8-10,12,14-16,18,20-22,24,26-27,30-61,63,65-67H2,1-2H3,(H,76,79)/b7-5-,13-11-,19-17-,25-23-,29-28-,64-62+. The zero-order valence-corrected chi connectivity index (χ0v) is 54.9. The van der Waals surface area contributed by atoms with Gasteiger partial charge in [0.1, 0.15) is 24.4 Å². The number of amides is 1. The van der Waals surface area contributed by atoms with Gasteiger partial charge in [0.05, 0.1) is 25.4 Å². The smallest absolute Gasteiger partial charge is 0.220 e. The molecule has 1 saturated heterocycles. The third kappa shape index (κ3) is 51.7. The molecule has 1 aliphatic heterocycles. The van der Waals surface area contributed by atoms with E-state index >= 15 is 0 Å². The highest BCUT2D eigenvalue weighted by Gasteiger charge is 2.44. The number of unbranched alkanes of at least 4 members (excludes halogenated alkanes) is 43. The third-order valence-electron chi connectivity index (χ3n) is 17.0. The molecule has 0 spiro atoms. The first-order chi connectivity index (χ1) is 41.3. The molecule has 84 heavy (non-hydrogen) atoms. The van der Waals surface area contributed by atoms with Crippen molar-refractivity contribution in [2.45, 2.75) is 384 Å². The lowest BCUT2D eigenvalue weighted by molar-refractivity contribution is -0.302. The largest absolute Gasteiger partial charge is 0.394 e. The number of carbonyl (C=O) groups is 1. The van der Waals surface area contributed by atoms with Gasteiger partial charge in [0.15, 0.2) is 6.29 Å². The topological polar surface area (TPSA) is 149 Å². The van der Waals surface area contributed by atoms with Gasteiger partial charge in [-0.1, -0.05) is 344 Å². The normalized spacial score (nSPS) is 18.6.